The number of rotatable bonds is 8. The molecule has 100 valence electrons. The second-order valence-electron chi connectivity index (χ2n) is 5.23. The van der Waals surface area contributed by atoms with Crippen LogP contribution in [0, 0.1) is 5.92 Å². The third-order valence-corrected chi connectivity index (χ3v) is 3.46. The molecule has 1 saturated carbocycles. The van der Waals surface area contributed by atoms with Crippen LogP contribution in [0.4, 0.5) is 0 Å². The number of carbonyl (C=O) groups is 1. The van der Waals surface area contributed by atoms with E-state index >= 15 is 0 Å². The van der Waals surface area contributed by atoms with Crippen molar-refractivity contribution < 1.29 is 14.6 Å². The molecule has 0 radical (unpaired) electrons. The van der Waals surface area contributed by atoms with E-state index in [0.29, 0.717) is 19.1 Å². The standard InChI is InChI=1S/C13H25NO3/c1-3-8-14-13(2,12(15)16)10-17-9-11-6-4-5-7-11/h11,14H,3-10H2,1-2H3,(H,15,16). The Hall–Kier alpha value is -0.610. The molecule has 1 rings (SSSR count). The van der Waals surface area contributed by atoms with Crippen LogP contribution in [0.2, 0.25) is 0 Å². The predicted molar refractivity (Wildman–Crippen MR) is 67.1 cm³/mol. The summed E-state index contributed by atoms with van der Waals surface area (Å²) in [6.45, 7) is 5.37. The van der Waals surface area contributed by atoms with E-state index in [1.54, 1.807) is 6.92 Å². The van der Waals surface area contributed by atoms with Crippen molar-refractivity contribution in [3.63, 3.8) is 0 Å². The highest BCUT2D eigenvalue weighted by Crippen LogP contribution is 2.25. The Balaban J connectivity index is 2.30. The van der Waals surface area contributed by atoms with Gasteiger partial charge in [0.15, 0.2) is 0 Å². The minimum atomic E-state index is -0.950. The van der Waals surface area contributed by atoms with E-state index in [9.17, 15) is 9.90 Å². The zero-order chi connectivity index (χ0) is 12.7. The first kappa shape index (κ1) is 14.5. The number of hydrogen-bond donors (Lipinski definition) is 2. The van der Waals surface area contributed by atoms with Crippen LogP contribution in [0.5, 0.6) is 0 Å². The molecule has 0 saturated heterocycles. The first-order valence-corrected chi connectivity index (χ1v) is 6.64. The third kappa shape index (κ3) is 4.64. The number of carboxylic acids is 1. The number of aliphatic carboxylic acids is 1. The third-order valence-electron chi connectivity index (χ3n) is 3.46. The van der Waals surface area contributed by atoms with Gasteiger partial charge in [0.1, 0.15) is 5.54 Å². The van der Waals surface area contributed by atoms with E-state index in [2.05, 4.69) is 5.32 Å². The van der Waals surface area contributed by atoms with E-state index < -0.39 is 11.5 Å². The van der Waals surface area contributed by atoms with Crippen LogP contribution >= 0.6 is 0 Å². The molecule has 1 fully saturated rings. The second kappa shape index (κ2) is 6.97. The minimum absolute atomic E-state index is 0.249. The SMILES string of the molecule is CCCNC(C)(COCC1CCCC1)C(=O)O. The smallest absolute Gasteiger partial charge is 0.326 e. The lowest BCUT2D eigenvalue weighted by atomic mass is 10.0. The van der Waals surface area contributed by atoms with E-state index in [4.69, 9.17) is 4.74 Å². The quantitative estimate of drug-likeness (QED) is 0.685. The normalized spacial score (nSPS) is 20.4. The Bertz CT molecular complexity index is 239. The monoisotopic (exact) mass is 243 g/mol. The van der Waals surface area contributed by atoms with Gasteiger partial charge in [-0.2, -0.15) is 0 Å². The van der Waals surface area contributed by atoms with Crippen LogP contribution in [0.1, 0.15) is 46.0 Å². The summed E-state index contributed by atoms with van der Waals surface area (Å²) in [6.07, 6.45) is 5.96. The van der Waals surface area contributed by atoms with Gasteiger partial charge in [-0.25, -0.2) is 0 Å². The van der Waals surface area contributed by atoms with Crippen molar-refractivity contribution in [1.82, 2.24) is 5.32 Å². The Morgan fingerprint density at radius 2 is 2.12 bits per heavy atom. The summed E-state index contributed by atoms with van der Waals surface area (Å²) in [6, 6.07) is 0. The average Bonchev–Trinajstić information content (AvgIpc) is 2.79. The molecular weight excluding hydrogens is 218 g/mol. The fourth-order valence-corrected chi connectivity index (χ4v) is 2.20. The first-order chi connectivity index (χ1) is 8.08. The Kier molecular flexibility index (Phi) is 5.92. The molecule has 17 heavy (non-hydrogen) atoms. The van der Waals surface area contributed by atoms with E-state index in [0.717, 1.165) is 6.42 Å². The van der Waals surface area contributed by atoms with Crippen molar-refractivity contribution in [3.8, 4) is 0 Å². The van der Waals surface area contributed by atoms with Gasteiger partial charge in [0.25, 0.3) is 0 Å². The van der Waals surface area contributed by atoms with Gasteiger partial charge in [0.05, 0.1) is 6.61 Å². The number of hydrogen-bond acceptors (Lipinski definition) is 3. The molecule has 0 aromatic carbocycles. The van der Waals surface area contributed by atoms with E-state index in [1.165, 1.54) is 25.7 Å². The summed E-state index contributed by atoms with van der Waals surface area (Å²) in [5.74, 6) is -0.198. The van der Waals surface area contributed by atoms with Gasteiger partial charge < -0.3 is 15.2 Å². The molecule has 0 aromatic rings. The van der Waals surface area contributed by atoms with Crippen molar-refractivity contribution >= 4 is 5.97 Å². The highest BCUT2D eigenvalue weighted by molar-refractivity contribution is 5.78. The van der Waals surface area contributed by atoms with E-state index in [-0.39, 0.29) is 6.61 Å². The largest absolute Gasteiger partial charge is 0.480 e. The molecule has 0 aliphatic heterocycles. The van der Waals surface area contributed by atoms with Crippen LogP contribution in [-0.2, 0) is 9.53 Å². The summed E-state index contributed by atoms with van der Waals surface area (Å²) >= 11 is 0. The maximum absolute atomic E-state index is 11.2. The van der Waals surface area contributed by atoms with Crippen LogP contribution in [0.25, 0.3) is 0 Å². The predicted octanol–water partition coefficient (Wildman–Crippen LogP) is 2.04. The van der Waals surface area contributed by atoms with Crippen molar-refractivity contribution in [2.24, 2.45) is 5.92 Å². The van der Waals surface area contributed by atoms with Crippen molar-refractivity contribution in [1.29, 1.82) is 0 Å². The molecule has 0 amide bonds. The Morgan fingerprint density at radius 3 is 2.65 bits per heavy atom. The van der Waals surface area contributed by atoms with Crippen molar-refractivity contribution in [2.45, 2.75) is 51.5 Å². The maximum Gasteiger partial charge on any atom is 0.326 e. The van der Waals surface area contributed by atoms with Gasteiger partial charge in [-0.1, -0.05) is 19.8 Å². The lowest BCUT2D eigenvalue weighted by Crippen LogP contribution is -2.53. The second-order valence-corrected chi connectivity index (χ2v) is 5.23. The van der Waals surface area contributed by atoms with Crippen LogP contribution in [-0.4, -0.2) is 36.4 Å². The fraction of sp³-hybridized carbons (Fsp3) is 0.923. The first-order valence-electron chi connectivity index (χ1n) is 6.64. The van der Waals surface area contributed by atoms with Crippen molar-refractivity contribution in [3.05, 3.63) is 0 Å². The molecule has 1 unspecified atom stereocenters. The summed E-state index contributed by atoms with van der Waals surface area (Å²) in [4.78, 5) is 11.2. The summed E-state index contributed by atoms with van der Waals surface area (Å²) < 4.78 is 5.60. The van der Waals surface area contributed by atoms with Gasteiger partial charge in [0, 0.05) is 6.61 Å². The van der Waals surface area contributed by atoms with E-state index in [1.807, 2.05) is 6.92 Å². The molecule has 0 aromatic heterocycles. The van der Waals surface area contributed by atoms with Crippen LogP contribution < -0.4 is 5.32 Å². The summed E-state index contributed by atoms with van der Waals surface area (Å²) in [5, 5.41) is 12.3. The van der Waals surface area contributed by atoms with Gasteiger partial charge in [-0.3, -0.25) is 4.79 Å². The lowest BCUT2D eigenvalue weighted by Gasteiger charge is -2.26. The summed E-state index contributed by atoms with van der Waals surface area (Å²) in [5.41, 5.74) is -0.950. The maximum atomic E-state index is 11.2. The molecule has 4 nitrogen and oxygen atoms in total. The molecule has 1 aliphatic rings. The Labute approximate surface area is 104 Å². The highest BCUT2D eigenvalue weighted by atomic mass is 16.5. The topological polar surface area (TPSA) is 58.6 Å². The van der Waals surface area contributed by atoms with Crippen LogP contribution in [0.15, 0.2) is 0 Å². The number of ether oxygens (including phenoxy) is 1. The highest BCUT2D eigenvalue weighted by Gasteiger charge is 2.33. The summed E-state index contributed by atoms with van der Waals surface area (Å²) in [7, 11) is 0. The molecule has 0 spiro atoms. The molecule has 1 aliphatic carbocycles. The van der Waals surface area contributed by atoms with Crippen LogP contribution in [0.3, 0.4) is 0 Å². The molecule has 0 bridgehead atoms. The zero-order valence-corrected chi connectivity index (χ0v) is 11.0. The molecule has 2 N–H and O–H groups in total. The molecular formula is C13H25NO3. The fourth-order valence-electron chi connectivity index (χ4n) is 2.20. The number of nitrogens with one attached hydrogen (secondary N) is 1. The molecule has 0 heterocycles. The number of carboxylic acid groups (broad SMARTS) is 1. The molecule has 1 atom stereocenters. The Morgan fingerprint density at radius 1 is 1.47 bits per heavy atom. The lowest BCUT2D eigenvalue weighted by molar-refractivity contribution is -0.147. The average molecular weight is 243 g/mol. The van der Waals surface area contributed by atoms with Gasteiger partial charge in [0.2, 0.25) is 0 Å². The zero-order valence-electron chi connectivity index (χ0n) is 11.0. The minimum Gasteiger partial charge on any atom is -0.480 e. The van der Waals surface area contributed by atoms with Crippen molar-refractivity contribution in [2.75, 3.05) is 19.8 Å². The van der Waals surface area contributed by atoms with Gasteiger partial charge in [-0.05, 0) is 38.6 Å². The van der Waals surface area contributed by atoms with Gasteiger partial charge >= 0.3 is 5.97 Å². The molecule has 4 heteroatoms. The van der Waals surface area contributed by atoms with Gasteiger partial charge in [-0.15, -0.1) is 0 Å².